The van der Waals surface area contributed by atoms with Gasteiger partial charge in [-0.3, -0.25) is 4.79 Å². The lowest BCUT2D eigenvalue weighted by atomic mass is 10.2. The van der Waals surface area contributed by atoms with Crippen molar-refractivity contribution in [1.29, 1.82) is 0 Å². The molecule has 0 saturated carbocycles. The summed E-state index contributed by atoms with van der Waals surface area (Å²) in [6.45, 7) is 0.491. The number of carbonyl (C=O) groups excluding carboxylic acids is 1. The molecule has 1 aromatic rings. The van der Waals surface area contributed by atoms with E-state index in [9.17, 15) is 4.79 Å². The van der Waals surface area contributed by atoms with E-state index in [1.165, 1.54) is 6.20 Å². The molecule has 1 amide bonds. The van der Waals surface area contributed by atoms with Crippen LogP contribution in [0.2, 0.25) is 0 Å². The first-order valence-electron chi connectivity index (χ1n) is 6.11. The van der Waals surface area contributed by atoms with Crippen molar-refractivity contribution in [3.05, 3.63) is 29.6 Å². The molecule has 0 bridgehead atoms. The third kappa shape index (κ3) is 6.27. The lowest BCUT2D eigenvalue weighted by Gasteiger charge is -2.04. The van der Waals surface area contributed by atoms with Gasteiger partial charge < -0.3 is 10.4 Å². The molecule has 0 aromatic carbocycles. The van der Waals surface area contributed by atoms with Gasteiger partial charge in [0.2, 0.25) is 0 Å². The van der Waals surface area contributed by atoms with Crippen molar-refractivity contribution < 1.29 is 9.90 Å². The lowest BCUT2D eigenvalue weighted by molar-refractivity contribution is 0.0948. The smallest absolute Gasteiger partial charge is 0.269 e. The van der Waals surface area contributed by atoms with Gasteiger partial charge in [0.05, 0.1) is 0 Å². The van der Waals surface area contributed by atoms with E-state index in [4.69, 9.17) is 5.11 Å². The fraction of sp³-hybridized carbons (Fsp3) is 0.429. The fourth-order valence-corrected chi connectivity index (χ4v) is 1.90. The summed E-state index contributed by atoms with van der Waals surface area (Å²) >= 11 is 1.81. The highest BCUT2D eigenvalue weighted by molar-refractivity contribution is 7.98. The molecular weight excluding hydrogens is 260 g/mol. The molecule has 4 nitrogen and oxygen atoms in total. The molecule has 19 heavy (non-hydrogen) atoms. The highest BCUT2D eigenvalue weighted by Crippen LogP contribution is 2.00. The molecule has 1 aromatic heterocycles. The topological polar surface area (TPSA) is 62.2 Å². The number of aromatic nitrogens is 1. The van der Waals surface area contributed by atoms with E-state index < -0.39 is 0 Å². The van der Waals surface area contributed by atoms with Gasteiger partial charge in [-0.25, -0.2) is 4.98 Å². The Balaban J connectivity index is 2.40. The van der Waals surface area contributed by atoms with Crippen molar-refractivity contribution >= 4 is 17.7 Å². The van der Waals surface area contributed by atoms with E-state index in [1.807, 2.05) is 11.8 Å². The van der Waals surface area contributed by atoms with Crippen LogP contribution in [-0.2, 0) is 0 Å². The van der Waals surface area contributed by atoms with E-state index in [2.05, 4.69) is 28.4 Å². The molecule has 0 saturated heterocycles. The van der Waals surface area contributed by atoms with Gasteiger partial charge >= 0.3 is 0 Å². The summed E-state index contributed by atoms with van der Waals surface area (Å²) in [6.07, 6.45) is 5.69. The molecule has 0 fully saturated rings. The Morgan fingerprint density at radius 3 is 2.95 bits per heavy atom. The van der Waals surface area contributed by atoms with E-state index in [0.717, 1.165) is 18.6 Å². The second-order valence-corrected chi connectivity index (χ2v) is 4.83. The second-order valence-electron chi connectivity index (χ2n) is 3.85. The molecule has 1 rings (SSSR count). The van der Waals surface area contributed by atoms with Gasteiger partial charge in [0.15, 0.2) is 0 Å². The number of pyridine rings is 1. The highest BCUT2D eigenvalue weighted by atomic mass is 32.2. The predicted molar refractivity (Wildman–Crippen MR) is 78.2 cm³/mol. The Labute approximate surface area is 118 Å². The monoisotopic (exact) mass is 278 g/mol. The molecule has 0 aliphatic heterocycles. The number of amides is 1. The molecule has 0 unspecified atom stereocenters. The van der Waals surface area contributed by atoms with E-state index in [-0.39, 0.29) is 12.5 Å². The molecule has 0 spiro atoms. The van der Waals surface area contributed by atoms with Crippen molar-refractivity contribution in [2.24, 2.45) is 0 Å². The number of thioether (sulfide) groups is 1. The third-order valence-electron chi connectivity index (χ3n) is 2.37. The average Bonchev–Trinajstić information content (AvgIpc) is 2.45. The first-order valence-corrected chi connectivity index (χ1v) is 7.50. The van der Waals surface area contributed by atoms with Crippen molar-refractivity contribution in [3.63, 3.8) is 0 Å². The number of carbonyl (C=O) groups is 1. The molecule has 1 heterocycles. The second kappa shape index (κ2) is 9.42. The maximum absolute atomic E-state index is 11.7. The van der Waals surface area contributed by atoms with E-state index >= 15 is 0 Å². The van der Waals surface area contributed by atoms with Crippen LogP contribution >= 0.6 is 11.8 Å². The van der Waals surface area contributed by atoms with Crippen LogP contribution in [0.25, 0.3) is 0 Å². The highest BCUT2D eigenvalue weighted by Gasteiger charge is 2.05. The largest absolute Gasteiger partial charge is 0.384 e. The zero-order valence-electron chi connectivity index (χ0n) is 11.0. The molecule has 0 atom stereocenters. The SMILES string of the molecule is CSCCCCNC(=O)c1ccc(C#CCO)cn1. The molecular formula is C14H18N2O2S. The predicted octanol–water partition coefficient (Wildman–Crippen LogP) is 1.30. The number of nitrogens with zero attached hydrogens (tertiary/aromatic N) is 1. The Morgan fingerprint density at radius 1 is 1.47 bits per heavy atom. The summed E-state index contributed by atoms with van der Waals surface area (Å²) in [7, 11) is 0. The van der Waals surface area contributed by atoms with Crippen LogP contribution < -0.4 is 5.32 Å². The van der Waals surface area contributed by atoms with Crippen LogP contribution in [0.3, 0.4) is 0 Å². The first-order chi connectivity index (χ1) is 9.27. The molecule has 0 aliphatic carbocycles. The number of unbranched alkanes of at least 4 members (excludes halogenated alkanes) is 1. The normalized spacial score (nSPS) is 9.58. The van der Waals surface area contributed by atoms with Gasteiger partial charge in [-0.2, -0.15) is 11.8 Å². The minimum Gasteiger partial charge on any atom is -0.384 e. The van der Waals surface area contributed by atoms with Gasteiger partial charge in [0.1, 0.15) is 12.3 Å². The van der Waals surface area contributed by atoms with Crippen LogP contribution in [0.1, 0.15) is 28.9 Å². The van der Waals surface area contributed by atoms with E-state index in [0.29, 0.717) is 17.8 Å². The summed E-state index contributed by atoms with van der Waals surface area (Å²) in [5, 5.41) is 11.4. The summed E-state index contributed by atoms with van der Waals surface area (Å²) in [5.41, 5.74) is 1.07. The third-order valence-corrected chi connectivity index (χ3v) is 3.07. The Hall–Kier alpha value is -1.51. The number of aliphatic hydroxyl groups excluding tert-OH is 1. The lowest BCUT2D eigenvalue weighted by Crippen LogP contribution is -2.25. The quantitative estimate of drug-likeness (QED) is 0.608. The van der Waals surface area contributed by atoms with Crippen LogP contribution in [0.5, 0.6) is 0 Å². The number of nitrogens with one attached hydrogen (secondary N) is 1. The number of hydrogen-bond donors (Lipinski definition) is 2. The van der Waals surface area contributed by atoms with Crippen molar-refractivity contribution in [2.45, 2.75) is 12.8 Å². The Morgan fingerprint density at radius 2 is 2.32 bits per heavy atom. The van der Waals surface area contributed by atoms with Gasteiger partial charge in [-0.05, 0) is 37.0 Å². The zero-order chi connectivity index (χ0) is 13.9. The minimum atomic E-state index is -0.182. The van der Waals surface area contributed by atoms with Crippen LogP contribution in [0.15, 0.2) is 18.3 Å². The fourth-order valence-electron chi connectivity index (χ4n) is 1.41. The van der Waals surface area contributed by atoms with Gasteiger partial charge in [-0.15, -0.1) is 0 Å². The molecule has 0 radical (unpaired) electrons. The summed E-state index contributed by atoms with van der Waals surface area (Å²) in [5.74, 6) is 6.22. The molecule has 0 aliphatic rings. The van der Waals surface area contributed by atoms with Gasteiger partial charge in [-0.1, -0.05) is 11.8 Å². The maximum atomic E-state index is 11.7. The summed E-state index contributed by atoms with van der Waals surface area (Å²) in [6, 6.07) is 3.36. The molecule has 5 heteroatoms. The number of hydrogen-bond acceptors (Lipinski definition) is 4. The van der Waals surface area contributed by atoms with Crippen molar-refractivity contribution in [1.82, 2.24) is 10.3 Å². The Bertz CT molecular complexity index is 449. The van der Waals surface area contributed by atoms with Gasteiger partial charge in [0.25, 0.3) is 5.91 Å². The number of rotatable bonds is 6. The zero-order valence-corrected chi connectivity index (χ0v) is 11.8. The Kier molecular flexibility index (Phi) is 7.71. The van der Waals surface area contributed by atoms with E-state index in [1.54, 1.807) is 12.1 Å². The first kappa shape index (κ1) is 15.5. The summed E-state index contributed by atoms with van der Waals surface area (Å²) in [4.78, 5) is 15.8. The van der Waals surface area contributed by atoms with Crippen LogP contribution in [0, 0.1) is 11.8 Å². The standard InChI is InChI=1S/C14H18N2O2S/c1-19-10-3-2-8-15-14(18)13-7-6-12(11-16-13)5-4-9-17/h6-7,11,17H,2-3,8-10H2,1H3,(H,15,18). The molecule has 2 N–H and O–H groups in total. The number of aliphatic hydroxyl groups is 1. The van der Waals surface area contributed by atoms with Crippen LogP contribution in [0.4, 0.5) is 0 Å². The van der Waals surface area contributed by atoms with Crippen LogP contribution in [-0.4, -0.2) is 41.2 Å². The van der Waals surface area contributed by atoms with Crippen molar-refractivity contribution in [2.75, 3.05) is 25.2 Å². The molecule has 102 valence electrons. The maximum Gasteiger partial charge on any atom is 0.269 e. The average molecular weight is 278 g/mol. The summed E-state index contributed by atoms with van der Waals surface area (Å²) < 4.78 is 0. The minimum absolute atomic E-state index is 0.161. The van der Waals surface area contributed by atoms with Gasteiger partial charge in [0, 0.05) is 18.3 Å². The van der Waals surface area contributed by atoms with Crippen molar-refractivity contribution in [3.8, 4) is 11.8 Å².